The molecule has 1 unspecified atom stereocenters. The zero-order valence-corrected chi connectivity index (χ0v) is 11.7. The topological polar surface area (TPSA) is 67.2 Å². The Bertz CT molecular complexity index is 575. The van der Waals surface area contributed by atoms with Crippen molar-refractivity contribution >= 4 is 5.91 Å². The number of nitrogens with zero attached hydrogens (tertiary/aromatic N) is 2. The molecule has 0 spiro atoms. The van der Waals surface area contributed by atoms with E-state index in [0.717, 1.165) is 17.0 Å². The van der Waals surface area contributed by atoms with Crippen molar-refractivity contribution in [1.82, 2.24) is 14.9 Å². The van der Waals surface area contributed by atoms with Crippen LogP contribution in [0.15, 0.2) is 36.7 Å². The van der Waals surface area contributed by atoms with Crippen molar-refractivity contribution < 1.29 is 9.90 Å². The number of rotatable bonds is 5. The third-order valence-electron chi connectivity index (χ3n) is 3.19. The fraction of sp³-hybridized carbons (Fsp3) is 0.333. The number of hydrogen-bond acceptors (Lipinski definition) is 3. The standard InChI is InChI=1S/C15H19N3O2/c1-11-3-5-13(6-4-11)14(19)9-17-15(20)10-18-8-7-16-12(18)2/h3-8,14,19H,9-10H2,1-2H3,(H,17,20). The van der Waals surface area contributed by atoms with Crippen LogP contribution in [0.4, 0.5) is 0 Å². The third kappa shape index (κ3) is 3.68. The van der Waals surface area contributed by atoms with Crippen molar-refractivity contribution in [3.63, 3.8) is 0 Å². The van der Waals surface area contributed by atoms with Gasteiger partial charge >= 0.3 is 0 Å². The molecule has 0 aliphatic carbocycles. The highest BCUT2D eigenvalue weighted by molar-refractivity contribution is 5.75. The zero-order valence-electron chi connectivity index (χ0n) is 11.7. The molecule has 5 heteroatoms. The first-order valence-corrected chi connectivity index (χ1v) is 6.55. The van der Waals surface area contributed by atoms with E-state index in [1.165, 1.54) is 0 Å². The second-order valence-corrected chi connectivity index (χ2v) is 4.83. The molecule has 1 atom stereocenters. The lowest BCUT2D eigenvalue weighted by atomic mass is 10.1. The molecule has 0 aliphatic heterocycles. The summed E-state index contributed by atoms with van der Waals surface area (Å²) in [4.78, 5) is 15.8. The van der Waals surface area contributed by atoms with Crippen LogP contribution in [0.5, 0.6) is 0 Å². The minimum absolute atomic E-state index is 0.141. The number of aromatic nitrogens is 2. The van der Waals surface area contributed by atoms with E-state index in [4.69, 9.17) is 0 Å². The first-order valence-electron chi connectivity index (χ1n) is 6.55. The summed E-state index contributed by atoms with van der Waals surface area (Å²) in [6.07, 6.45) is 2.72. The average Bonchev–Trinajstić information content (AvgIpc) is 2.82. The fourth-order valence-corrected chi connectivity index (χ4v) is 1.90. The molecule has 5 nitrogen and oxygen atoms in total. The Morgan fingerprint density at radius 1 is 1.35 bits per heavy atom. The maximum Gasteiger partial charge on any atom is 0.240 e. The van der Waals surface area contributed by atoms with E-state index >= 15 is 0 Å². The monoisotopic (exact) mass is 273 g/mol. The molecule has 2 rings (SSSR count). The minimum atomic E-state index is -0.691. The lowest BCUT2D eigenvalue weighted by molar-refractivity contribution is -0.122. The minimum Gasteiger partial charge on any atom is -0.387 e. The van der Waals surface area contributed by atoms with Crippen molar-refractivity contribution in [3.05, 3.63) is 53.6 Å². The first kappa shape index (κ1) is 14.3. The summed E-state index contributed by atoms with van der Waals surface area (Å²) in [5, 5.41) is 12.7. The Morgan fingerprint density at radius 2 is 2.05 bits per heavy atom. The van der Waals surface area contributed by atoms with E-state index in [2.05, 4.69) is 10.3 Å². The number of imidazole rings is 1. The van der Waals surface area contributed by atoms with E-state index in [9.17, 15) is 9.90 Å². The maximum absolute atomic E-state index is 11.8. The van der Waals surface area contributed by atoms with Crippen LogP contribution in [0.25, 0.3) is 0 Å². The van der Waals surface area contributed by atoms with Gasteiger partial charge in [-0.2, -0.15) is 0 Å². The Kier molecular flexibility index (Phi) is 4.53. The molecule has 0 fully saturated rings. The van der Waals surface area contributed by atoms with Gasteiger partial charge in [0.15, 0.2) is 0 Å². The molecule has 0 radical (unpaired) electrons. The number of amides is 1. The lowest BCUT2D eigenvalue weighted by Gasteiger charge is -2.13. The van der Waals surface area contributed by atoms with Crippen LogP contribution >= 0.6 is 0 Å². The van der Waals surface area contributed by atoms with Gasteiger partial charge in [0.25, 0.3) is 0 Å². The van der Waals surface area contributed by atoms with Crippen LogP contribution in [-0.4, -0.2) is 27.1 Å². The zero-order chi connectivity index (χ0) is 14.5. The number of aliphatic hydroxyl groups excluding tert-OH is 1. The molecule has 1 amide bonds. The molecule has 106 valence electrons. The van der Waals surface area contributed by atoms with Crippen molar-refractivity contribution in [1.29, 1.82) is 0 Å². The second kappa shape index (κ2) is 6.34. The van der Waals surface area contributed by atoms with Gasteiger partial charge in [-0.3, -0.25) is 4.79 Å². The SMILES string of the molecule is Cc1ccc(C(O)CNC(=O)Cn2ccnc2C)cc1. The Labute approximate surface area is 118 Å². The van der Waals surface area contributed by atoms with Crippen LogP contribution in [0.1, 0.15) is 23.1 Å². The van der Waals surface area contributed by atoms with E-state index in [-0.39, 0.29) is 19.0 Å². The number of nitrogens with one attached hydrogen (secondary N) is 1. The molecule has 0 bridgehead atoms. The summed E-state index contributed by atoms with van der Waals surface area (Å²) in [5.74, 6) is 0.650. The quantitative estimate of drug-likeness (QED) is 0.864. The fourth-order valence-electron chi connectivity index (χ4n) is 1.90. The van der Waals surface area contributed by atoms with Crippen molar-refractivity contribution in [2.45, 2.75) is 26.5 Å². The Morgan fingerprint density at radius 3 is 2.65 bits per heavy atom. The molecule has 0 aliphatic rings. The number of aryl methyl sites for hydroxylation is 2. The van der Waals surface area contributed by atoms with Crippen LogP contribution in [-0.2, 0) is 11.3 Å². The van der Waals surface area contributed by atoms with Gasteiger partial charge in [0.2, 0.25) is 5.91 Å². The molecule has 1 aromatic heterocycles. The number of aliphatic hydroxyl groups is 1. The predicted octanol–water partition coefficient (Wildman–Crippen LogP) is 1.35. The normalized spacial score (nSPS) is 12.2. The number of benzene rings is 1. The number of carbonyl (C=O) groups excluding carboxylic acids is 1. The predicted molar refractivity (Wildman–Crippen MR) is 76.1 cm³/mol. The number of carbonyl (C=O) groups is 1. The average molecular weight is 273 g/mol. The van der Waals surface area contributed by atoms with Crippen LogP contribution in [0, 0.1) is 13.8 Å². The van der Waals surface area contributed by atoms with Gasteiger partial charge in [0, 0.05) is 18.9 Å². The largest absolute Gasteiger partial charge is 0.387 e. The Hall–Kier alpha value is -2.14. The highest BCUT2D eigenvalue weighted by Gasteiger charge is 2.10. The van der Waals surface area contributed by atoms with Gasteiger partial charge in [-0.25, -0.2) is 4.98 Å². The highest BCUT2D eigenvalue weighted by atomic mass is 16.3. The summed E-state index contributed by atoms with van der Waals surface area (Å²) in [6, 6.07) is 7.61. The molecular formula is C15H19N3O2. The Balaban J connectivity index is 1.84. The summed E-state index contributed by atoms with van der Waals surface area (Å²) in [6.45, 7) is 4.25. The molecular weight excluding hydrogens is 254 g/mol. The molecule has 0 saturated carbocycles. The maximum atomic E-state index is 11.8. The van der Waals surface area contributed by atoms with Gasteiger partial charge in [-0.1, -0.05) is 29.8 Å². The second-order valence-electron chi connectivity index (χ2n) is 4.83. The molecule has 2 aromatic rings. The van der Waals surface area contributed by atoms with E-state index in [0.29, 0.717) is 0 Å². The van der Waals surface area contributed by atoms with Crippen LogP contribution < -0.4 is 5.32 Å². The first-order chi connectivity index (χ1) is 9.56. The highest BCUT2D eigenvalue weighted by Crippen LogP contribution is 2.12. The summed E-state index contributed by atoms with van der Waals surface area (Å²) in [5.41, 5.74) is 1.94. The van der Waals surface area contributed by atoms with Crippen molar-refractivity contribution in [2.75, 3.05) is 6.54 Å². The molecule has 20 heavy (non-hydrogen) atoms. The summed E-state index contributed by atoms with van der Waals surface area (Å²) < 4.78 is 1.76. The smallest absolute Gasteiger partial charge is 0.240 e. The van der Waals surface area contributed by atoms with Gasteiger partial charge in [-0.15, -0.1) is 0 Å². The van der Waals surface area contributed by atoms with Gasteiger partial charge in [0.05, 0.1) is 6.10 Å². The molecule has 2 N–H and O–H groups in total. The van der Waals surface area contributed by atoms with Crippen LogP contribution in [0.2, 0.25) is 0 Å². The van der Waals surface area contributed by atoms with E-state index < -0.39 is 6.10 Å². The number of hydrogen-bond donors (Lipinski definition) is 2. The van der Waals surface area contributed by atoms with Gasteiger partial charge in [0.1, 0.15) is 12.4 Å². The molecule has 0 saturated heterocycles. The lowest BCUT2D eigenvalue weighted by Crippen LogP contribution is -2.31. The van der Waals surface area contributed by atoms with Crippen molar-refractivity contribution in [3.8, 4) is 0 Å². The summed E-state index contributed by atoms with van der Waals surface area (Å²) >= 11 is 0. The van der Waals surface area contributed by atoms with Gasteiger partial charge < -0.3 is 15.0 Å². The van der Waals surface area contributed by atoms with E-state index in [1.807, 2.05) is 38.1 Å². The van der Waals surface area contributed by atoms with Crippen molar-refractivity contribution in [2.24, 2.45) is 0 Å². The van der Waals surface area contributed by atoms with E-state index in [1.54, 1.807) is 17.0 Å². The molecule has 1 aromatic carbocycles. The van der Waals surface area contributed by atoms with Gasteiger partial charge in [-0.05, 0) is 19.4 Å². The molecule has 1 heterocycles. The summed E-state index contributed by atoms with van der Waals surface area (Å²) in [7, 11) is 0. The van der Waals surface area contributed by atoms with Crippen LogP contribution in [0.3, 0.4) is 0 Å². The third-order valence-corrected chi connectivity index (χ3v) is 3.19.